The molecule has 1 aliphatic rings. The van der Waals surface area contributed by atoms with E-state index in [0.717, 1.165) is 31.0 Å². The number of hydrogen-bond donors (Lipinski definition) is 0. The summed E-state index contributed by atoms with van der Waals surface area (Å²) in [5.41, 5.74) is 2.16. The Labute approximate surface area is 90.1 Å². The second kappa shape index (κ2) is 4.53. The van der Waals surface area contributed by atoms with Gasteiger partial charge in [-0.2, -0.15) is 0 Å². The zero-order chi connectivity index (χ0) is 10.7. The first-order valence-corrected chi connectivity index (χ1v) is 5.40. The van der Waals surface area contributed by atoms with Crippen LogP contribution in [0, 0.1) is 6.92 Å². The van der Waals surface area contributed by atoms with Gasteiger partial charge in [0, 0.05) is 38.2 Å². The molecule has 0 N–H and O–H groups in total. The number of pyridine rings is 1. The van der Waals surface area contributed by atoms with Crippen molar-refractivity contribution in [1.29, 1.82) is 0 Å². The zero-order valence-corrected chi connectivity index (χ0v) is 9.07. The van der Waals surface area contributed by atoms with Crippen molar-refractivity contribution >= 4 is 5.78 Å². The van der Waals surface area contributed by atoms with Gasteiger partial charge in [0.1, 0.15) is 5.78 Å². The van der Waals surface area contributed by atoms with Crippen molar-refractivity contribution in [1.82, 2.24) is 9.88 Å². The van der Waals surface area contributed by atoms with Gasteiger partial charge in [0.05, 0.1) is 5.69 Å². The largest absolute Gasteiger partial charge is 0.300 e. The molecule has 1 saturated heterocycles. The highest BCUT2D eigenvalue weighted by molar-refractivity contribution is 5.79. The minimum absolute atomic E-state index is 0.392. The van der Waals surface area contributed by atoms with Gasteiger partial charge in [-0.05, 0) is 19.1 Å². The highest BCUT2D eigenvalue weighted by Crippen LogP contribution is 2.09. The lowest BCUT2D eigenvalue weighted by Gasteiger charge is -2.25. The van der Waals surface area contributed by atoms with Crippen molar-refractivity contribution in [3.63, 3.8) is 0 Å². The van der Waals surface area contributed by atoms with Crippen LogP contribution in [0.5, 0.6) is 0 Å². The lowest BCUT2D eigenvalue weighted by Crippen LogP contribution is -2.33. The van der Waals surface area contributed by atoms with Gasteiger partial charge in [0.25, 0.3) is 0 Å². The highest BCUT2D eigenvalue weighted by atomic mass is 16.1. The van der Waals surface area contributed by atoms with E-state index in [1.165, 1.54) is 0 Å². The van der Waals surface area contributed by atoms with Crippen LogP contribution in [0.2, 0.25) is 0 Å². The van der Waals surface area contributed by atoms with Gasteiger partial charge >= 0.3 is 0 Å². The van der Waals surface area contributed by atoms with Crippen LogP contribution in [0.25, 0.3) is 0 Å². The van der Waals surface area contributed by atoms with Gasteiger partial charge < -0.3 is 0 Å². The Morgan fingerprint density at radius 1 is 1.33 bits per heavy atom. The second-order valence-electron chi connectivity index (χ2n) is 4.09. The van der Waals surface area contributed by atoms with Crippen molar-refractivity contribution in [2.75, 3.05) is 13.1 Å². The summed E-state index contributed by atoms with van der Waals surface area (Å²) in [6.07, 6.45) is 1.40. The van der Waals surface area contributed by atoms with E-state index in [0.29, 0.717) is 18.6 Å². The summed E-state index contributed by atoms with van der Waals surface area (Å²) in [5, 5.41) is 0. The standard InChI is InChI=1S/C12H16N2O/c1-10-3-2-4-11(13-10)9-14-7-5-12(15)6-8-14/h2-4H,5-9H2,1H3. The zero-order valence-electron chi connectivity index (χ0n) is 9.07. The average Bonchev–Trinajstić information content (AvgIpc) is 2.22. The molecule has 1 aromatic rings. The number of piperidine rings is 1. The predicted molar refractivity (Wildman–Crippen MR) is 58.5 cm³/mol. The van der Waals surface area contributed by atoms with Gasteiger partial charge in [0.2, 0.25) is 0 Å². The molecule has 0 unspecified atom stereocenters. The molecule has 1 fully saturated rings. The Kier molecular flexibility index (Phi) is 3.11. The lowest BCUT2D eigenvalue weighted by atomic mass is 10.1. The van der Waals surface area contributed by atoms with E-state index in [4.69, 9.17) is 0 Å². The third kappa shape index (κ3) is 2.86. The van der Waals surface area contributed by atoms with Crippen molar-refractivity contribution < 1.29 is 4.79 Å². The van der Waals surface area contributed by atoms with E-state index in [-0.39, 0.29) is 0 Å². The number of hydrogen-bond acceptors (Lipinski definition) is 3. The van der Waals surface area contributed by atoms with Crippen molar-refractivity contribution in [3.8, 4) is 0 Å². The Bertz CT molecular complexity index is 352. The number of ketones is 1. The number of nitrogens with zero attached hydrogens (tertiary/aromatic N) is 2. The van der Waals surface area contributed by atoms with Crippen LogP contribution in [0.15, 0.2) is 18.2 Å². The summed E-state index contributed by atoms with van der Waals surface area (Å²) in [4.78, 5) is 17.8. The number of rotatable bonds is 2. The maximum atomic E-state index is 11.1. The highest BCUT2D eigenvalue weighted by Gasteiger charge is 2.16. The summed E-state index contributed by atoms with van der Waals surface area (Å²) in [5.74, 6) is 0.392. The number of carbonyl (C=O) groups is 1. The molecule has 0 atom stereocenters. The molecular weight excluding hydrogens is 188 g/mol. The average molecular weight is 204 g/mol. The van der Waals surface area contributed by atoms with Gasteiger partial charge in [-0.15, -0.1) is 0 Å². The first kappa shape index (κ1) is 10.3. The van der Waals surface area contributed by atoms with E-state index < -0.39 is 0 Å². The first-order chi connectivity index (χ1) is 7.24. The van der Waals surface area contributed by atoms with Crippen LogP contribution in [0.3, 0.4) is 0 Å². The molecule has 0 amide bonds. The molecule has 15 heavy (non-hydrogen) atoms. The van der Waals surface area contributed by atoms with Crippen molar-refractivity contribution in [3.05, 3.63) is 29.6 Å². The fraction of sp³-hybridized carbons (Fsp3) is 0.500. The quantitative estimate of drug-likeness (QED) is 0.733. The topological polar surface area (TPSA) is 33.2 Å². The van der Waals surface area contributed by atoms with Crippen LogP contribution < -0.4 is 0 Å². The Morgan fingerprint density at radius 3 is 2.73 bits per heavy atom. The third-order valence-corrected chi connectivity index (χ3v) is 2.75. The van der Waals surface area contributed by atoms with Gasteiger partial charge in [-0.1, -0.05) is 6.07 Å². The van der Waals surface area contributed by atoms with Gasteiger partial charge in [-0.25, -0.2) is 0 Å². The van der Waals surface area contributed by atoms with Gasteiger partial charge in [-0.3, -0.25) is 14.7 Å². The van der Waals surface area contributed by atoms with E-state index in [1.54, 1.807) is 0 Å². The Morgan fingerprint density at radius 2 is 2.07 bits per heavy atom. The molecule has 80 valence electrons. The molecule has 2 heterocycles. The van der Waals surface area contributed by atoms with Crippen molar-refractivity contribution in [2.45, 2.75) is 26.3 Å². The van der Waals surface area contributed by atoms with Crippen LogP contribution in [0.1, 0.15) is 24.2 Å². The van der Waals surface area contributed by atoms with E-state index in [9.17, 15) is 4.79 Å². The Hall–Kier alpha value is -1.22. The second-order valence-corrected chi connectivity index (χ2v) is 4.09. The molecule has 0 spiro atoms. The number of Topliss-reactive ketones (excluding diaryl/α,β-unsaturated/α-hetero) is 1. The molecule has 3 nitrogen and oxygen atoms in total. The molecule has 0 aliphatic carbocycles. The third-order valence-electron chi connectivity index (χ3n) is 2.75. The van der Waals surface area contributed by atoms with Gasteiger partial charge in [0.15, 0.2) is 0 Å². The molecule has 1 aliphatic heterocycles. The lowest BCUT2D eigenvalue weighted by molar-refractivity contribution is -0.121. The minimum atomic E-state index is 0.392. The number of likely N-dealkylation sites (tertiary alicyclic amines) is 1. The summed E-state index contributed by atoms with van der Waals surface area (Å²) in [6, 6.07) is 6.08. The molecular formula is C12H16N2O. The number of aromatic nitrogens is 1. The molecule has 0 saturated carbocycles. The summed E-state index contributed by atoms with van der Waals surface area (Å²) in [7, 11) is 0. The molecule has 1 aromatic heterocycles. The fourth-order valence-electron chi connectivity index (χ4n) is 1.88. The Balaban J connectivity index is 1.94. The van der Waals surface area contributed by atoms with Crippen LogP contribution in [0.4, 0.5) is 0 Å². The summed E-state index contributed by atoms with van der Waals surface area (Å²) >= 11 is 0. The predicted octanol–water partition coefficient (Wildman–Crippen LogP) is 1.55. The molecule has 0 bridgehead atoms. The van der Waals surface area contributed by atoms with Crippen LogP contribution >= 0.6 is 0 Å². The van der Waals surface area contributed by atoms with Crippen molar-refractivity contribution in [2.24, 2.45) is 0 Å². The SMILES string of the molecule is Cc1cccc(CN2CCC(=O)CC2)n1. The number of aryl methyl sites for hydroxylation is 1. The maximum Gasteiger partial charge on any atom is 0.135 e. The van der Waals surface area contributed by atoms with Crippen LogP contribution in [-0.2, 0) is 11.3 Å². The first-order valence-electron chi connectivity index (χ1n) is 5.40. The molecule has 2 rings (SSSR count). The minimum Gasteiger partial charge on any atom is -0.300 e. The normalized spacial score (nSPS) is 18.1. The summed E-state index contributed by atoms with van der Waals surface area (Å²) < 4.78 is 0. The number of carbonyl (C=O) groups excluding carboxylic acids is 1. The fourth-order valence-corrected chi connectivity index (χ4v) is 1.88. The molecule has 3 heteroatoms. The van der Waals surface area contributed by atoms with Crippen LogP contribution in [-0.4, -0.2) is 28.8 Å². The monoisotopic (exact) mass is 204 g/mol. The van der Waals surface area contributed by atoms with E-state index in [1.807, 2.05) is 25.1 Å². The summed E-state index contributed by atoms with van der Waals surface area (Å²) in [6.45, 7) is 4.64. The molecule has 0 aromatic carbocycles. The van der Waals surface area contributed by atoms with E-state index >= 15 is 0 Å². The molecule has 0 radical (unpaired) electrons. The van der Waals surface area contributed by atoms with E-state index in [2.05, 4.69) is 9.88 Å². The smallest absolute Gasteiger partial charge is 0.135 e. The maximum absolute atomic E-state index is 11.1.